The summed E-state index contributed by atoms with van der Waals surface area (Å²) in [5, 5.41) is 0. The highest BCUT2D eigenvalue weighted by molar-refractivity contribution is 6.88. The molecule has 0 fully saturated rings. The van der Waals surface area contributed by atoms with Crippen LogP contribution in [-0.4, -0.2) is 40.0 Å². The molecular formula is C8H23O2Si4. The van der Waals surface area contributed by atoms with Gasteiger partial charge in [-0.2, -0.15) is 0 Å². The van der Waals surface area contributed by atoms with Crippen molar-refractivity contribution in [2.45, 2.75) is 50.6 Å². The summed E-state index contributed by atoms with van der Waals surface area (Å²) < 4.78 is 6.18. The van der Waals surface area contributed by atoms with Gasteiger partial charge in [-0.1, -0.05) is 6.55 Å². The third-order valence-corrected chi connectivity index (χ3v) is 15.6. The molecule has 0 amide bonds. The Labute approximate surface area is 94.9 Å². The summed E-state index contributed by atoms with van der Waals surface area (Å²) in [6.45, 7) is 13.0. The van der Waals surface area contributed by atoms with Crippen molar-refractivity contribution < 1.29 is 8.91 Å². The molecule has 14 heavy (non-hydrogen) atoms. The normalized spacial score (nSPS) is 13.7. The molecule has 0 rings (SSSR count). The zero-order valence-electron chi connectivity index (χ0n) is 10.3. The summed E-state index contributed by atoms with van der Waals surface area (Å²) in [6, 6.07) is 0. The molecule has 0 aliphatic carbocycles. The van der Waals surface area contributed by atoms with Gasteiger partial charge in [0.05, 0.1) is 0 Å². The molecule has 0 spiro atoms. The van der Waals surface area contributed by atoms with Crippen molar-refractivity contribution in [3.05, 3.63) is 0 Å². The average Bonchev–Trinajstić information content (AvgIpc) is 1.78. The van der Waals surface area contributed by atoms with Gasteiger partial charge in [0, 0.05) is 9.52 Å². The van der Waals surface area contributed by atoms with E-state index in [1.165, 1.54) is 5.67 Å². The van der Waals surface area contributed by atoms with Crippen LogP contribution in [0.15, 0.2) is 0 Å². The minimum Gasteiger partial charge on any atom is -0.456 e. The van der Waals surface area contributed by atoms with E-state index in [9.17, 15) is 4.80 Å². The predicted octanol–water partition coefficient (Wildman–Crippen LogP) is 2.28. The molecule has 83 valence electrons. The van der Waals surface area contributed by atoms with Gasteiger partial charge >= 0.3 is 0 Å². The quantitative estimate of drug-likeness (QED) is 0.745. The lowest BCUT2D eigenvalue weighted by molar-refractivity contribution is 0.542. The van der Waals surface area contributed by atoms with Gasteiger partial charge < -0.3 is 8.91 Å². The molecule has 6 heteroatoms. The van der Waals surface area contributed by atoms with E-state index >= 15 is 0 Å². The van der Waals surface area contributed by atoms with Crippen molar-refractivity contribution in [1.29, 1.82) is 0 Å². The molecule has 0 aliphatic rings. The Bertz CT molecular complexity index is 167. The van der Waals surface area contributed by atoms with Gasteiger partial charge in [-0.05, 0) is 44.1 Å². The van der Waals surface area contributed by atoms with Crippen LogP contribution in [0.4, 0.5) is 0 Å². The minimum atomic E-state index is -1.90. The van der Waals surface area contributed by atoms with Crippen LogP contribution in [0.2, 0.25) is 50.6 Å². The summed E-state index contributed by atoms with van der Waals surface area (Å²) in [5.74, 6) is 0. The maximum Gasteiger partial charge on any atom is 0.193 e. The second kappa shape index (κ2) is 5.76. The van der Waals surface area contributed by atoms with E-state index in [1.807, 2.05) is 13.1 Å². The van der Waals surface area contributed by atoms with Gasteiger partial charge in [0.25, 0.3) is 0 Å². The molecule has 3 radical (unpaired) electrons. The van der Waals surface area contributed by atoms with Crippen LogP contribution in [0.5, 0.6) is 0 Å². The SMILES string of the molecule is C[Si]C[Si](C)(C)O[Si](C)C[Si](C)(C)O. The van der Waals surface area contributed by atoms with Crippen LogP contribution in [0.1, 0.15) is 0 Å². The average molecular weight is 264 g/mol. The lowest BCUT2D eigenvalue weighted by Gasteiger charge is -2.28. The zero-order valence-corrected chi connectivity index (χ0v) is 14.3. The Hall–Kier alpha value is 0.788. The van der Waals surface area contributed by atoms with Crippen LogP contribution in [-0.2, 0) is 4.12 Å². The largest absolute Gasteiger partial charge is 0.456 e. The van der Waals surface area contributed by atoms with Crippen LogP contribution in [0.25, 0.3) is 0 Å². The molecule has 0 heterocycles. The summed E-state index contributed by atoms with van der Waals surface area (Å²) in [6.07, 6.45) is 0. The van der Waals surface area contributed by atoms with Crippen LogP contribution in [0, 0.1) is 0 Å². The van der Waals surface area contributed by atoms with Gasteiger partial charge in [-0.3, -0.25) is 0 Å². The molecule has 1 N–H and O–H groups in total. The van der Waals surface area contributed by atoms with Gasteiger partial charge in [-0.15, -0.1) is 0 Å². The third-order valence-electron chi connectivity index (χ3n) is 1.73. The monoisotopic (exact) mass is 263 g/mol. The van der Waals surface area contributed by atoms with Gasteiger partial charge in [0.1, 0.15) is 0 Å². The molecule has 0 bridgehead atoms. The fourth-order valence-corrected chi connectivity index (χ4v) is 15.5. The first-order chi connectivity index (χ1) is 6.16. The van der Waals surface area contributed by atoms with Gasteiger partial charge in [0.15, 0.2) is 25.7 Å². The first kappa shape index (κ1) is 14.8. The maximum atomic E-state index is 9.82. The maximum absolute atomic E-state index is 9.82. The topological polar surface area (TPSA) is 29.5 Å². The Balaban J connectivity index is 3.98. The Morgan fingerprint density at radius 1 is 1.29 bits per heavy atom. The molecule has 0 saturated heterocycles. The molecule has 0 aromatic carbocycles. The third kappa shape index (κ3) is 8.13. The molecule has 2 nitrogen and oxygen atoms in total. The second-order valence-electron chi connectivity index (χ2n) is 5.08. The van der Waals surface area contributed by atoms with E-state index < -0.39 is 25.7 Å². The first-order valence-corrected chi connectivity index (χ1v) is 15.1. The molecule has 0 unspecified atom stereocenters. The summed E-state index contributed by atoms with van der Waals surface area (Å²) in [7, 11) is -3.05. The van der Waals surface area contributed by atoms with E-state index in [0.717, 1.165) is 15.2 Å². The summed E-state index contributed by atoms with van der Waals surface area (Å²) in [4.78, 5) is 9.82. The lowest BCUT2D eigenvalue weighted by Crippen LogP contribution is -2.41. The Kier molecular flexibility index (Phi) is 6.08. The first-order valence-electron chi connectivity index (χ1n) is 5.05. The molecule has 0 aromatic heterocycles. The van der Waals surface area contributed by atoms with Crippen molar-refractivity contribution in [1.82, 2.24) is 0 Å². The standard InChI is InChI=1S/C8H23O2Si4/c1-11-7-14(5,6)10-12(2)8-13(3,4)9/h9H,7-8H2,1-6H3. The van der Waals surface area contributed by atoms with Gasteiger partial charge in [0.2, 0.25) is 0 Å². The Morgan fingerprint density at radius 2 is 1.79 bits per heavy atom. The Morgan fingerprint density at radius 3 is 2.14 bits per heavy atom. The fraction of sp³-hybridized carbons (Fsp3) is 1.00. The van der Waals surface area contributed by atoms with E-state index in [4.69, 9.17) is 4.12 Å². The van der Waals surface area contributed by atoms with E-state index in [-0.39, 0.29) is 0 Å². The van der Waals surface area contributed by atoms with Crippen LogP contribution in [0.3, 0.4) is 0 Å². The van der Waals surface area contributed by atoms with Crippen molar-refractivity contribution >= 4 is 35.2 Å². The molecule has 0 atom stereocenters. The number of rotatable bonds is 6. The van der Waals surface area contributed by atoms with E-state index in [2.05, 4.69) is 26.2 Å². The smallest absolute Gasteiger partial charge is 0.193 e. The number of hydrogen-bond acceptors (Lipinski definition) is 2. The van der Waals surface area contributed by atoms with E-state index in [1.54, 1.807) is 0 Å². The second-order valence-corrected chi connectivity index (χ2v) is 18.0. The highest BCUT2D eigenvalue weighted by Crippen LogP contribution is 2.16. The molecular weight excluding hydrogens is 240 g/mol. The van der Waals surface area contributed by atoms with Crippen LogP contribution < -0.4 is 0 Å². The zero-order chi connectivity index (χ0) is 11.4. The lowest BCUT2D eigenvalue weighted by atomic mass is 11.8. The summed E-state index contributed by atoms with van der Waals surface area (Å²) >= 11 is 0. The van der Waals surface area contributed by atoms with Crippen molar-refractivity contribution in [2.24, 2.45) is 0 Å². The van der Waals surface area contributed by atoms with Gasteiger partial charge in [-0.25, -0.2) is 0 Å². The molecule has 0 aromatic rings. The molecule has 0 saturated carbocycles. The highest BCUT2D eigenvalue weighted by atomic mass is 28.4. The van der Waals surface area contributed by atoms with Crippen molar-refractivity contribution in [3.63, 3.8) is 0 Å². The summed E-state index contributed by atoms with van der Waals surface area (Å²) in [5.41, 5.74) is 2.23. The fourth-order valence-electron chi connectivity index (χ4n) is 1.58. The van der Waals surface area contributed by atoms with Crippen LogP contribution >= 0.6 is 0 Å². The van der Waals surface area contributed by atoms with E-state index in [0.29, 0.717) is 0 Å². The highest BCUT2D eigenvalue weighted by Gasteiger charge is 2.29. The molecule has 0 aliphatic heterocycles. The minimum absolute atomic E-state index is 0.748. The predicted molar refractivity (Wildman–Crippen MR) is 71.1 cm³/mol. The van der Waals surface area contributed by atoms with Crippen molar-refractivity contribution in [2.75, 3.05) is 0 Å². The van der Waals surface area contributed by atoms with Crippen molar-refractivity contribution in [3.8, 4) is 0 Å². The number of hydrogen-bond donors (Lipinski definition) is 1.